The fourth-order valence-corrected chi connectivity index (χ4v) is 4.55. The minimum Gasteiger partial charge on any atom is -0.342 e. The summed E-state index contributed by atoms with van der Waals surface area (Å²) in [6, 6.07) is 4.64. The Morgan fingerprint density at radius 3 is 2.67 bits per heavy atom. The van der Waals surface area contributed by atoms with Gasteiger partial charge in [-0.3, -0.25) is 4.79 Å². The molecule has 0 saturated heterocycles. The predicted octanol–water partition coefficient (Wildman–Crippen LogP) is 5.11. The van der Waals surface area contributed by atoms with Crippen molar-refractivity contribution in [3.05, 3.63) is 29.3 Å². The number of carbonyl (C=O) groups is 1. The Kier molecular flexibility index (Phi) is 6.41. The van der Waals surface area contributed by atoms with Gasteiger partial charge in [0.05, 0.1) is 16.3 Å². The maximum absolute atomic E-state index is 13.2. The van der Waals surface area contributed by atoms with Gasteiger partial charge in [-0.2, -0.15) is 13.2 Å². The molecule has 0 unspecified atom stereocenters. The first-order chi connectivity index (χ1) is 12.8. The van der Waals surface area contributed by atoms with E-state index in [1.54, 1.807) is 29.5 Å². The van der Waals surface area contributed by atoms with Crippen LogP contribution >= 0.6 is 23.1 Å². The lowest BCUT2D eigenvalue weighted by Crippen LogP contribution is -2.39. The highest BCUT2D eigenvalue weighted by Crippen LogP contribution is 2.33. The van der Waals surface area contributed by atoms with Crippen molar-refractivity contribution in [2.75, 3.05) is 12.8 Å². The molecule has 4 nitrogen and oxygen atoms in total. The SMILES string of the molecule is CN(C(=O)CSc1nc(-c2cccs2)cc(C(F)(F)F)n1)C1CCCCC1. The van der Waals surface area contributed by atoms with Crippen LogP contribution in [0.5, 0.6) is 0 Å². The second-order valence-electron chi connectivity index (χ2n) is 6.48. The van der Waals surface area contributed by atoms with Crippen LogP contribution in [0.4, 0.5) is 13.2 Å². The monoisotopic (exact) mass is 415 g/mol. The van der Waals surface area contributed by atoms with Gasteiger partial charge in [0.2, 0.25) is 5.91 Å². The maximum atomic E-state index is 13.2. The van der Waals surface area contributed by atoms with Crippen molar-refractivity contribution >= 4 is 29.0 Å². The van der Waals surface area contributed by atoms with E-state index in [1.807, 2.05) is 0 Å². The highest BCUT2D eigenvalue weighted by atomic mass is 32.2. The number of alkyl halides is 3. The molecule has 1 aliphatic rings. The molecule has 0 N–H and O–H groups in total. The summed E-state index contributed by atoms with van der Waals surface area (Å²) >= 11 is 2.26. The molecule has 27 heavy (non-hydrogen) atoms. The van der Waals surface area contributed by atoms with Crippen LogP contribution < -0.4 is 0 Å². The molecule has 0 aromatic carbocycles. The van der Waals surface area contributed by atoms with Crippen LogP contribution in [-0.4, -0.2) is 39.6 Å². The summed E-state index contributed by atoms with van der Waals surface area (Å²) < 4.78 is 39.6. The minimum atomic E-state index is -4.56. The molecule has 0 aliphatic heterocycles. The molecule has 2 aromatic rings. The molecule has 0 radical (unpaired) electrons. The van der Waals surface area contributed by atoms with E-state index >= 15 is 0 Å². The number of carbonyl (C=O) groups excluding carboxylic acids is 1. The van der Waals surface area contributed by atoms with E-state index in [0.717, 1.165) is 43.5 Å². The molecule has 3 rings (SSSR count). The molecule has 1 fully saturated rings. The van der Waals surface area contributed by atoms with Crippen LogP contribution in [0.15, 0.2) is 28.7 Å². The number of hydrogen-bond acceptors (Lipinski definition) is 5. The Hall–Kier alpha value is -1.61. The average molecular weight is 416 g/mol. The van der Waals surface area contributed by atoms with Crippen molar-refractivity contribution in [1.29, 1.82) is 0 Å². The van der Waals surface area contributed by atoms with Crippen molar-refractivity contribution in [3.63, 3.8) is 0 Å². The molecular weight excluding hydrogens is 395 g/mol. The van der Waals surface area contributed by atoms with Gasteiger partial charge in [0, 0.05) is 13.1 Å². The molecular formula is C18H20F3N3OS2. The van der Waals surface area contributed by atoms with Crippen molar-refractivity contribution in [3.8, 4) is 10.6 Å². The van der Waals surface area contributed by atoms with Crippen LogP contribution in [0, 0.1) is 0 Å². The molecule has 0 atom stereocenters. The second kappa shape index (κ2) is 8.60. The molecule has 2 heterocycles. The summed E-state index contributed by atoms with van der Waals surface area (Å²) in [6.45, 7) is 0. The topological polar surface area (TPSA) is 46.1 Å². The predicted molar refractivity (Wildman–Crippen MR) is 101 cm³/mol. The molecule has 146 valence electrons. The van der Waals surface area contributed by atoms with Gasteiger partial charge >= 0.3 is 6.18 Å². The fourth-order valence-electron chi connectivity index (χ4n) is 3.09. The van der Waals surface area contributed by atoms with E-state index in [4.69, 9.17) is 0 Å². The number of rotatable bonds is 5. The summed E-state index contributed by atoms with van der Waals surface area (Å²) in [5, 5.41) is 1.75. The third-order valence-corrected chi connectivity index (χ3v) is 6.33. The fraction of sp³-hybridized carbons (Fsp3) is 0.500. The van der Waals surface area contributed by atoms with E-state index < -0.39 is 11.9 Å². The highest BCUT2D eigenvalue weighted by molar-refractivity contribution is 7.99. The third kappa shape index (κ3) is 5.22. The van der Waals surface area contributed by atoms with E-state index in [9.17, 15) is 18.0 Å². The lowest BCUT2D eigenvalue weighted by Gasteiger charge is -2.31. The van der Waals surface area contributed by atoms with Gasteiger partial charge in [0.1, 0.15) is 5.69 Å². The van der Waals surface area contributed by atoms with Crippen molar-refractivity contribution in [2.45, 2.75) is 49.5 Å². The van der Waals surface area contributed by atoms with Crippen molar-refractivity contribution < 1.29 is 18.0 Å². The Balaban J connectivity index is 1.73. The van der Waals surface area contributed by atoms with Gasteiger partial charge in [-0.15, -0.1) is 11.3 Å². The number of nitrogens with zero attached hydrogens (tertiary/aromatic N) is 3. The van der Waals surface area contributed by atoms with E-state index in [0.29, 0.717) is 4.88 Å². The number of hydrogen-bond donors (Lipinski definition) is 0. The van der Waals surface area contributed by atoms with Crippen LogP contribution in [0.25, 0.3) is 10.6 Å². The lowest BCUT2D eigenvalue weighted by atomic mass is 9.94. The Morgan fingerprint density at radius 1 is 1.30 bits per heavy atom. The average Bonchev–Trinajstić information content (AvgIpc) is 3.20. The summed E-state index contributed by atoms with van der Waals surface area (Å²) in [4.78, 5) is 22.6. The number of aromatic nitrogens is 2. The van der Waals surface area contributed by atoms with Crippen LogP contribution in [-0.2, 0) is 11.0 Å². The normalized spacial score (nSPS) is 15.7. The Bertz CT molecular complexity index is 775. The van der Waals surface area contributed by atoms with Gasteiger partial charge in [0.15, 0.2) is 5.16 Å². The molecule has 1 saturated carbocycles. The Labute approximate surface area is 164 Å². The van der Waals surface area contributed by atoms with Gasteiger partial charge in [-0.1, -0.05) is 37.1 Å². The number of thioether (sulfide) groups is 1. The lowest BCUT2D eigenvalue weighted by molar-refractivity contribution is -0.141. The zero-order chi connectivity index (χ0) is 19.4. The van der Waals surface area contributed by atoms with Gasteiger partial charge in [-0.05, 0) is 30.4 Å². The summed E-state index contributed by atoms with van der Waals surface area (Å²) in [6.07, 6.45) is 0.807. The molecule has 1 amide bonds. The number of amides is 1. The van der Waals surface area contributed by atoms with E-state index in [-0.39, 0.29) is 28.6 Å². The zero-order valence-electron chi connectivity index (χ0n) is 14.8. The first-order valence-electron chi connectivity index (χ1n) is 8.73. The van der Waals surface area contributed by atoms with Crippen molar-refractivity contribution in [1.82, 2.24) is 14.9 Å². The molecule has 0 spiro atoms. The molecule has 0 bridgehead atoms. The smallest absolute Gasteiger partial charge is 0.342 e. The first-order valence-corrected chi connectivity index (χ1v) is 10.6. The van der Waals surface area contributed by atoms with Crippen LogP contribution in [0.1, 0.15) is 37.8 Å². The standard InChI is InChI=1S/C18H20F3N3OS2/c1-24(12-6-3-2-4-7-12)16(25)11-27-17-22-13(14-8-5-9-26-14)10-15(23-17)18(19,20)21/h5,8-10,12H,2-4,6-7,11H2,1H3. The summed E-state index contributed by atoms with van der Waals surface area (Å²) in [5.74, 6) is -0.0800. The van der Waals surface area contributed by atoms with Crippen LogP contribution in [0.2, 0.25) is 0 Å². The van der Waals surface area contributed by atoms with E-state index in [1.165, 1.54) is 17.8 Å². The number of halogens is 3. The number of thiophene rings is 1. The van der Waals surface area contributed by atoms with Crippen LogP contribution in [0.3, 0.4) is 0 Å². The van der Waals surface area contributed by atoms with Crippen molar-refractivity contribution in [2.24, 2.45) is 0 Å². The quantitative estimate of drug-likeness (QED) is 0.503. The zero-order valence-corrected chi connectivity index (χ0v) is 16.5. The van der Waals surface area contributed by atoms with E-state index in [2.05, 4.69) is 9.97 Å². The molecule has 2 aromatic heterocycles. The minimum absolute atomic E-state index is 0.0260. The third-order valence-electron chi connectivity index (χ3n) is 4.61. The molecule has 9 heteroatoms. The van der Waals surface area contributed by atoms with Gasteiger partial charge in [0.25, 0.3) is 0 Å². The summed E-state index contributed by atoms with van der Waals surface area (Å²) in [7, 11) is 1.77. The second-order valence-corrected chi connectivity index (χ2v) is 8.37. The molecule has 1 aliphatic carbocycles. The maximum Gasteiger partial charge on any atom is 0.433 e. The summed E-state index contributed by atoms with van der Waals surface area (Å²) in [5.41, 5.74) is -0.764. The van der Waals surface area contributed by atoms with Gasteiger partial charge < -0.3 is 4.90 Å². The first kappa shape index (κ1) is 20.1. The largest absolute Gasteiger partial charge is 0.433 e. The van der Waals surface area contributed by atoms with Gasteiger partial charge in [-0.25, -0.2) is 9.97 Å². The highest BCUT2D eigenvalue weighted by Gasteiger charge is 2.34. The Morgan fingerprint density at radius 2 is 2.04 bits per heavy atom.